The standard InChI is InChI=1S/C21H24F2N6S/c1-13-11-28(7-6-27(13)2)17-8-16(22)18(19(23)20(17)25)14-4-3-5-29(12-14)21-26-10-15(9-24)30-21/h4,8,10,13H,3,5-7,11-12,25H2,1-2H3/t13-/m0/s1. The molecule has 0 unspecified atom stereocenters. The molecule has 1 saturated heterocycles. The average Bonchev–Trinajstić information content (AvgIpc) is 3.22. The molecule has 6 nitrogen and oxygen atoms in total. The number of aromatic nitrogens is 1. The highest BCUT2D eigenvalue weighted by Crippen LogP contribution is 2.37. The summed E-state index contributed by atoms with van der Waals surface area (Å²) < 4.78 is 30.5. The molecular weight excluding hydrogens is 406 g/mol. The average molecular weight is 431 g/mol. The molecule has 1 aromatic heterocycles. The molecule has 158 valence electrons. The molecule has 2 aliphatic rings. The highest BCUT2D eigenvalue weighted by Gasteiger charge is 2.28. The summed E-state index contributed by atoms with van der Waals surface area (Å²) in [6.45, 7) is 5.23. The Balaban J connectivity index is 1.62. The minimum atomic E-state index is -0.707. The van der Waals surface area contributed by atoms with Crippen molar-refractivity contribution in [2.24, 2.45) is 0 Å². The lowest BCUT2D eigenvalue weighted by molar-refractivity contribution is 0.234. The first-order chi connectivity index (χ1) is 14.4. The first-order valence-corrected chi connectivity index (χ1v) is 10.7. The molecule has 2 aliphatic heterocycles. The Bertz CT molecular complexity index is 1030. The summed E-state index contributed by atoms with van der Waals surface area (Å²) >= 11 is 1.27. The molecule has 0 radical (unpaired) electrons. The summed E-state index contributed by atoms with van der Waals surface area (Å²) in [7, 11) is 2.04. The second-order valence-corrected chi connectivity index (χ2v) is 8.82. The van der Waals surface area contributed by atoms with Crippen molar-refractivity contribution in [3.05, 3.63) is 40.4 Å². The first-order valence-electron chi connectivity index (χ1n) is 9.92. The van der Waals surface area contributed by atoms with Crippen molar-refractivity contribution in [2.45, 2.75) is 19.4 Å². The highest BCUT2D eigenvalue weighted by atomic mass is 32.1. The molecule has 0 bridgehead atoms. The number of halogens is 2. The molecule has 4 rings (SSSR count). The molecule has 9 heteroatoms. The van der Waals surface area contributed by atoms with E-state index < -0.39 is 11.6 Å². The van der Waals surface area contributed by atoms with Gasteiger partial charge >= 0.3 is 0 Å². The van der Waals surface area contributed by atoms with E-state index in [2.05, 4.69) is 22.9 Å². The Hall–Kier alpha value is -2.70. The topological polar surface area (TPSA) is 72.4 Å². The maximum atomic E-state index is 15.3. The summed E-state index contributed by atoms with van der Waals surface area (Å²) in [5.74, 6) is -1.31. The number of anilines is 3. The second kappa shape index (κ2) is 8.20. The van der Waals surface area contributed by atoms with Gasteiger partial charge in [0.25, 0.3) is 0 Å². The SMILES string of the molecule is C[C@H]1CN(c2cc(F)c(C3=CCCN(c4ncc(C#N)s4)C3)c(F)c2N)CCN1C. The number of likely N-dealkylation sites (N-methyl/N-ethyl adjacent to an activating group) is 1. The maximum absolute atomic E-state index is 15.3. The van der Waals surface area contributed by atoms with Crippen molar-refractivity contribution in [2.75, 3.05) is 55.3 Å². The monoisotopic (exact) mass is 430 g/mol. The smallest absolute Gasteiger partial charge is 0.186 e. The van der Waals surface area contributed by atoms with E-state index in [4.69, 9.17) is 11.0 Å². The molecule has 0 amide bonds. The third kappa shape index (κ3) is 3.73. The molecule has 1 aromatic carbocycles. The first kappa shape index (κ1) is 20.6. The van der Waals surface area contributed by atoms with Crippen LogP contribution >= 0.6 is 11.3 Å². The quantitative estimate of drug-likeness (QED) is 0.754. The van der Waals surface area contributed by atoms with Crippen LogP contribution in [0, 0.1) is 23.0 Å². The van der Waals surface area contributed by atoms with Gasteiger partial charge in [-0.1, -0.05) is 17.4 Å². The van der Waals surface area contributed by atoms with Crippen molar-refractivity contribution in [1.82, 2.24) is 9.88 Å². The van der Waals surface area contributed by atoms with Crippen LogP contribution < -0.4 is 15.5 Å². The second-order valence-electron chi connectivity index (χ2n) is 7.81. The van der Waals surface area contributed by atoms with E-state index in [1.54, 1.807) is 0 Å². The normalized spacial score (nSPS) is 20.2. The number of piperazine rings is 1. The van der Waals surface area contributed by atoms with E-state index in [1.165, 1.54) is 23.6 Å². The Morgan fingerprint density at radius 1 is 1.27 bits per heavy atom. The van der Waals surface area contributed by atoms with Crippen LogP contribution in [0.25, 0.3) is 5.57 Å². The van der Waals surface area contributed by atoms with Gasteiger partial charge in [0.2, 0.25) is 0 Å². The van der Waals surface area contributed by atoms with Crippen LogP contribution in [0.5, 0.6) is 0 Å². The fourth-order valence-corrected chi connectivity index (χ4v) is 4.73. The number of hydrogen-bond acceptors (Lipinski definition) is 7. The van der Waals surface area contributed by atoms with E-state index in [9.17, 15) is 0 Å². The summed E-state index contributed by atoms with van der Waals surface area (Å²) in [5.41, 5.74) is 7.04. The molecule has 2 aromatic rings. The van der Waals surface area contributed by atoms with Gasteiger partial charge in [0.1, 0.15) is 16.8 Å². The lowest BCUT2D eigenvalue weighted by Crippen LogP contribution is -2.50. The van der Waals surface area contributed by atoms with Gasteiger partial charge in [-0.15, -0.1) is 0 Å². The maximum Gasteiger partial charge on any atom is 0.186 e. The molecule has 0 aliphatic carbocycles. The summed E-state index contributed by atoms with van der Waals surface area (Å²) in [4.78, 5) is 10.9. The lowest BCUT2D eigenvalue weighted by atomic mass is 9.98. The molecule has 0 spiro atoms. The van der Waals surface area contributed by atoms with Gasteiger partial charge < -0.3 is 20.4 Å². The van der Waals surface area contributed by atoms with E-state index in [0.717, 1.165) is 6.54 Å². The fraction of sp³-hybridized carbons (Fsp3) is 0.429. The molecule has 0 saturated carbocycles. The van der Waals surface area contributed by atoms with Crippen LogP contribution in [0.15, 0.2) is 18.3 Å². The number of nitrogen functional groups attached to an aromatic ring is 1. The highest BCUT2D eigenvalue weighted by molar-refractivity contribution is 7.16. The van der Waals surface area contributed by atoms with Crippen LogP contribution in [-0.4, -0.2) is 55.7 Å². The molecule has 30 heavy (non-hydrogen) atoms. The third-order valence-electron chi connectivity index (χ3n) is 5.88. The van der Waals surface area contributed by atoms with E-state index in [-0.39, 0.29) is 17.3 Å². The van der Waals surface area contributed by atoms with Gasteiger partial charge in [-0.3, -0.25) is 0 Å². The van der Waals surface area contributed by atoms with Gasteiger partial charge in [0.15, 0.2) is 10.9 Å². The number of rotatable bonds is 3. The van der Waals surface area contributed by atoms with E-state index in [1.807, 2.05) is 22.9 Å². The van der Waals surface area contributed by atoms with Gasteiger partial charge in [-0.05, 0) is 26.0 Å². The van der Waals surface area contributed by atoms with E-state index in [0.29, 0.717) is 53.9 Å². The Kier molecular flexibility index (Phi) is 5.62. The van der Waals surface area contributed by atoms with Crippen LogP contribution in [-0.2, 0) is 0 Å². The Labute approximate surface area is 178 Å². The summed E-state index contributed by atoms with van der Waals surface area (Å²) in [5, 5.41) is 9.69. The predicted octanol–water partition coefficient (Wildman–Crippen LogP) is 3.31. The van der Waals surface area contributed by atoms with Gasteiger partial charge in [-0.25, -0.2) is 13.8 Å². The van der Waals surface area contributed by atoms with Crippen molar-refractivity contribution in [1.29, 1.82) is 5.26 Å². The van der Waals surface area contributed by atoms with Crippen molar-refractivity contribution < 1.29 is 8.78 Å². The van der Waals surface area contributed by atoms with Gasteiger partial charge in [0, 0.05) is 44.8 Å². The van der Waals surface area contributed by atoms with Crippen LogP contribution in [0.3, 0.4) is 0 Å². The Morgan fingerprint density at radius 2 is 2.07 bits per heavy atom. The molecule has 3 heterocycles. The predicted molar refractivity (Wildman–Crippen MR) is 117 cm³/mol. The zero-order valence-corrected chi connectivity index (χ0v) is 17.8. The van der Waals surface area contributed by atoms with Crippen molar-refractivity contribution in [3.63, 3.8) is 0 Å². The number of thiazole rings is 1. The van der Waals surface area contributed by atoms with Crippen LogP contribution in [0.4, 0.5) is 25.3 Å². The van der Waals surface area contributed by atoms with Crippen molar-refractivity contribution in [3.8, 4) is 6.07 Å². The van der Waals surface area contributed by atoms with E-state index >= 15 is 8.78 Å². The molecule has 1 fully saturated rings. The minimum absolute atomic E-state index is 0.0119. The third-order valence-corrected chi connectivity index (χ3v) is 6.84. The molecule has 2 N–H and O–H groups in total. The van der Waals surface area contributed by atoms with Crippen LogP contribution in [0.1, 0.15) is 23.8 Å². The minimum Gasteiger partial charge on any atom is -0.395 e. The largest absolute Gasteiger partial charge is 0.395 e. The molecular formula is C21H24F2N6S. The number of nitrogens with two attached hydrogens (primary N) is 1. The number of benzene rings is 1. The Morgan fingerprint density at radius 3 is 2.77 bits per heavy atom. The van der Waals surface area contributed by atoms with Crippen molar-refractivity contribution >= 4 is 33.4 Å². The zero-order chi connectivity index (χ0) is 21.4. The summed E-state index contributed by atoms with van der Waals surface area (Å²) in [6, 6.07) is 3.71. The van der Waals surface area contributed by atoms with Gasteiger partial charge in [0.05, 0.1) is 23.1 Å². The number of hydrogen-bond donors (Lipinski definition) is 1. The van der Waals surface area contributed by atoms with Crippen LogP contribution in [0.2, 0.25) is 0 Å². The number of nitrogens with zero attached hydrogens (tertiary/aromatic N) is 5. The summed E-state index contributed by atoms with van der Waals surface area (Å²) in [6.07, 6.45) is 4.00. The van der Waals surface area contributed by atoms with Gasteiger partial charge in [-0.2, -0.15) is 5.26 Å². The lowest BCUT2D eigenvalue weighted by Gasteiger charge is -2.39. The molecule has 1 atom stereocenters. The fourth-order valence-electron chi connectivity index (χ4n) is 4.00. The number of nitriles is 1. The zero-order valence-electron chi connectivity index (χ0n) is 17.0.